The molecule has 0 unspecified atom stereocenters. The molecule has 3 aromatic rings. The van der Waals surface area contributed by atoms with E-state index in [9.17, 15) is 4.39 Å². The van der Waals surface area contributed by atoms with Crippen molar-refractivity contribution in [1.82, 2.24) is 9.97 Å². The summed E-state index contributed by atoms with van der Waals surface area (Å²) < 4.78 is 13.2. The molecule has 1 heterocycles. The highest BCUT2D eigenvalue weighted by molar-refractivity contribution is 6.34. The fourth-order valence-corrected chi connectivity index (χ4v) is 2.77. The molecule has 0 saturated carbocycles. The zero-order chi connectivity index (χ0) is 15.1. The molecule has 0 bridgehead atoms. The molecule has 0 saturated heterocycles. The molecular formula is C17H14ClFN2. The lowest BCUT2D eigenvalue weighted by Crippen LogP contribution is -1.96. The first-order chi connectivity index (χ1) is 9.95. The fourth-order valence-electron chi connectivity index (χ4n) is 2.55. The molecule has 0 N–H and O–H groups in total. The molecule has 0 fully saturated rings. The number of rotatable bonds is 1. The van der Waals surface area contributed by atoms with Crippen LogP contribution in [0.4, 0.5) is 4.39 Å². The van der Waals surface area contributed by atoms with Crippen LogP contribution in [0.25, 0.3) is 22.3 Å². The van der Waals surface area contributed by atoms with Crippen molar-refractivity contribution in [2.45, 2.75) is 20.8 Å². The lowest BCUT2D eigenvalue weighted by molar-refractivity contribution is 0.627. The minimum absolute atomic E-state index is 0.269. The maximum absolute atomic E-state index is 13.2. The molecule has 2 nitrogen and oxygen atoms in total. The second-order valence-electron chi connectivity index (χ2n) is 5.28. The van der Waals surface area contributed by atoms with E-state index >= 15 is 0 Å². The standard InChI is InChI=1S/C17H14ClFN2/c1-9-6-11(3)15-14(7-9)16(18)21-17(20-15)13-5-4-12(19)8-10(13)2/h4-8H,1-3H3. The van der Waals surface area contributed by atoms with Crippen molar-refractivity contribution in [1.29, 1.82) is 0 Å². The Morgan fingerprint density at radius 1 is 0.952 bits per heavy atom. The Morgan fingerprint density at radius 3 is 2.43 bits per heavy atom. The summed E-state index contributed by atoms with van der Waals surface area (Å²) in [6, 6.07) is 8.61. The van der Waals surface area contributed by atoms with E-state index in [-0.39, 0.29) is 5.82 Å². The molecular weight excluding hydrogens is 287 g/mol. The van der Waals surface area contributed by atoms with Gasteiger partial charge in [0.15, 0.2) is 5.82 Å². The Balaban J connectivity index is 2.30. The van der Waals surface area contributed by atoms with Crippen molar-refractivity contribution in [2.75, 3.05) is 0 Å². The fraction of sp³-hybridized carbons (Fsp3) is 0.176. The lowest BCUT2D eigenvalue weighted by atomic mass is 10.1. The number of nitrogens with zero attached hydrogens (tertiary/aromatic N) is 2. The third kappa shape index (κ3) is 2.49. The zero-order valence-corrected chi connectivity index (χ0v) is 12.8. The molecule has 0 spiro atoms. The predicted octanol–water partition coefficient (Wildman–Crippen LogP) is 5.01. The smallest absolute Gasteiger partial charge is 0.161 e. The summed E-state index contributed by atoms with van der Waals surface area (Å²) in [6.07, 6.45) is 0. The van der Waals surface area contributed by atoms with Crippen LogP contribution in [0.5, 0.6) is 0 Å². The summed E-state index contributed by atoms with van der Waals surface area (Å²) in [5, 5.41) is 1.27. The number of hydrogen-bond donors (Lipinski definition) is 0. The molecule has 3 rings (SSSR count). The first-order valence-corrected chi connectivity index (χ1v) is 7.04. The maximum Gasteiger partial charge on any atom is 0.161 e. The highest BCUT2D eigenvalue weighted by Gasteiger charge is 2.12. The van der Waals surface area contributed by atoms with E-state index < -0.39 is 0 Å². The topological polar surface area (TPSA) is 25.8 Å². The molecule has 1 aromatic heterocycles. The van der Waals surface area contributed by atoms with Crippen molar-refractivity contribution in [3.05, 3.63) is 58.0 Å². The van der Waals surface area contributed by atoms with E-state index in [4.69, 9.17) is 11.6 Å². The van der Waals surface area contributed by atoms with E-state index in [0.29, 0.717) is 11.0 Å². The minimum atomic E-state index is -0.269. The maximum atomic E-state index is 13.2. The van der Waals surface area contributed by atoms with Crippen LogP contribution in [0.2, 0.25) is 5.15 Å². The highest BCUT2D eigenvalue weighted by Crippen LogP contribution is 2.29. The van der Waals surface area contributed by atoms with E-state index in [1.54, 1.807) is 6.07 Å². The van der Waals surface area contributed by atoms with Gasteiger partial charge in [0.2, 0.25) is 0 Å². The molecule has 21 heavy (non-hydrogen) atoms. The van der Waals surface area contributed by atoms with Crippen LogP contribution in [-0.2, 0) is 0 Å². The van der Waals surface area contributed by atoms with E-state index in [1.807, 2.05) is 26.8 Å². The van der Waals surface area contributed by atoms with Gasteiger partial charge >= 0.3 is 0 Å². The Hall–Kier alpha value is -2.00. The summed E-state index contributed by atoms with van der Waals surface area (Å²) in [5.74, 6) is 0.256. The zero-order valence-electron chi connectivity index (χ0n) is 12.0. The summed E-state index contributed by atoms with van der Waals surface area (Å²) in [6.45, 7) is 5.85. The SMILES string of the molecule is Cc1cc(C)c2nc(-c3ccc(F)cc3C)nc(Cl)c2c1. The number of aromatic nitrogens is 2. The molecule has 0 amide bonds. The number of fused-ring (bicyclic) bond motifs is 1. The van der Waals surface area contributed by atoms with Gasteiger partial charge in [-0.2, -0.15) is 0 Å². The van der Waals surface area contributed by atoms with Gasteiger partial charge in [-0.05, 0) is 56.2 Å². The van der Waals surface area contributed by atoms with Gasteiger partial charge in [-0.15, -0.1) is 0 Å². The molecule has 0 aliphatic rings. The van der Waals surface area contributed by atoms with E-state index in [2.05, 4.69) is 16.0 Å². The largest absolute Gasteiger partial charge is 0.228 e. The normalized spacial score (nSPS) is 11.1. The summed E-state index contributed by atoms with van der Waals surface area (Å²) >= 11 is 6.31. The monoisotopic (exact) mass is 300 g/mol. The molecule has 0 aliphatic carbocycles. The molecule has 4 heteroatoms. The van der Waals surface area contributed by atoms with E-state index in [0.717, 1.165) is 33.2 Å². The van der Waals surface area contributed by atoms with Crippen LogP contribution < -0.4 is 0 Å². The van der Waals surface area contributed by atoms with Crippen LogP contribution in [0.15, 0.2) is 30.3 Å². The summed E-state index contributed by atoms with van der Waals surface area (Å²) in [7, 11) is 0. The van der Waals surface area contributed by atoms with Crippen LogP contribution in [0.3, 0.4) is 0 Å². The molecule has 2 aromatic carbocycles. The number of halogens is 2. The van der Waals surface area contributed by atoms with E-state index in [1.165, 1.54) is 12.1 Å². The van der Waals surface area contributed by atoms with Crippen LogP contribution in [0, 0.1) is 26.6 Å². The summed E-state index contributed by atoms with van der Waals surface area (Å²) in [5.41, 5.74) is 4.58. The molecule has 0 atom stereocenters. The first kappa shape index (κ1) is 14.0. The van der Waals surface area contributed by atoms with Gasteiger partial charge in [0.25, 0.3) is 0 Å². The van der Waals surface area contributed by atoms with Crippen molar-refractivity contribution in [2.24, 2.45) is 0 Å². The van der Waals surface area contributed by atoms with Gasteiger partial charge < -0.3 is 0 Å². The van der Waals surface area contributed by atoms with Crippen molar-refractivity contribution >= 4 is 22.5 Å². The summed E-state index contributed by atoms with van der Waals surface area (Å²) in [4.78, 5) is 9.00. The van der Waals surface area contributed by atoms with Crippen LogP contribution >= 0.6 is 11.6 Å². The molecule has 106 valence electrons. The number of benzene rings is 2. The quantitative estimate of drug-likeness (QED) is 0.590. The van der Waals surface area contributed by atoms with Crippen molar-refractivity contribution in [3.63, 3.8) is 0 Å². The van der Waals surface area contributed by atoms with Crippen molar-refractivity contribution in [3.8, 4) is 11.4 Å². The average molecular weight is 301 g/mol. The third-order valence-corrected chi connectivity index (χ3v) is 3.81. The Labute approximate surface area is 127 Å². The number of hydrogen-bond acceptors (Lipinski definition) is 2. The highest BCUT2D eigenvalue weighted by atomic mass is 35.5. The van der Waals surface area contributed by atoms with Crippen LogP contribution in [0.1, 0.15) is 16.7 Å². The van der Waals surface area contributed by atoms with Crippen LogP contribution in [-0.4, -0.2) is 9.97 Å². The average Bonchev–Trinajstić information content (AvgIpc) is 2.40. The Kier molecular flexibility index (Phi) is 3.38. The minimum Gasteiger partial charge on any atom is -0.228 e. The van der Waals surface area contributed by atoms with Gasteiger partial charge in [0.05, 0.1) is 5.52 Å². The second kappa shape index (κ2) is 5.08. The number of aryl methyl sites for hydroxylation is 3. The Morgan fingerprint density at radius 2 is 1.71 bits per heavy atom. The van der Waals surface area contributed by atoms with Crippen molar-refractivity contribution < 1.29 is 4.39 Å². The first-order valence-electron chi connectivity index (χ1n) is 6.67. The predicted molar refractivity (Wildman–Crippen MR) is 84.2 cm³/mol. The molecule has 0 radical (unpaired) electrons. The lowest BCUT2D eigenvalue weighted by Gasteiger charge is -2.09. The van der Waals surface area contributed by atoms with Gasteiger partial charge in [-0.1, -0.05) is 23.2 Å². The second-order valence-corrected chi connectivity index (χ2v) is 5.63. The van der Waals surface area contributed by atoms with Gasteiger partial charge in [0.1, 0.15) is 11.0 Å². The third-order valence-electron chi connectivity index (χ3n) is 3.52. The van der Waals surface area contributed by atoms with Gasteiger partial charge in [0, 0.05) is 10.9 Å². The Bertz CT molecular complexity index is 859. The van der Waals surface area contributed by atoms with Gasteiger partial charge in [-0.25, -0.2) is 14.4 Å². The molecule has 0 aliphatic heterocycles. The van der Waals surface area contributed by atoms with Gasteiger partial charge in [-0.3, -0.25) is 0 Å².